The molecule has 0 radical (unpaired) electrons. The Balaban J connectivity index is 0.00000400. The third-order valence-electron chi connectivity index (χ3n) is 2.21. The Hall–Kier alpha value is -0.664. The first-order valence-electron chi connectivity index (χ1n) is 5.18. The average Bonchev–Trinajstić information content (AvgIpc) is 2.34. The lowest BCUT2D eigenvalue weighted by molar-refractivity contribution is -0.142. The summed E-state index contributed by atoms with van der Waals surface area (Å²) in [6.07, 6.45) is -0.565. The molecule has 1 atom stereocenters. The van der Waals surface area contributed by atoms with Crippen LogP contribution in [-0.2, 0) is 9.59 Å². The summed E-state index contributed by atoms with van der Waals surface area (Å²) in [6.45, 7) is 1.25. The Morgan fingerprint density at radius 3 is 2.14 bits per heavy atom. The second-order valence-electron chi connectivity index (χ2n) is 3.73. The zero-order valence-electron chi connectivity index (χ0n) is 10.1. The van der Waals surface area contributed by atoms with E-state index in [1.54, 1.807) is 0 Å². The molecular weight excluding hydrogens is 355 g/mol. The summed E-state index contributed by atoms with van der Waals surface area (Å²) >= 11 is 17.4. The van der Waals surface area contributed by atoms with Gasteiger partial charge in [-0.2, -0.15) is 0 Å². The number of carboxylic acids is 2. The normalized spacial score (nSPS) is 12.3. The predicted molar refractivity (Wildman–Crippen MR) is 83.5 cm³/mol. The average molecular weight is 366 g/mol. The molecule has 1 rings (SSSR count). The van der Waals surface area contributed by atoms with Crippen molar-refractivity contribution in [2.45, 2.75) is 13.0 Å². The molecule has 0 aromatic heterocycles. The Kier molecular flexibility index (Phi) is 8.42. The van der Waals surface area contributed by atoms with Crippen LogP contribution in [0.1, 0.15) is 6.92 Å². The van der Waals surface area contributed by atoms with Crippen molar-refractivity contribution in [1.29, 1.82) is 0 Å². The summed E-state index contributed by atoms with van der Waals surface area (Å²) in [5.41, 5.74) is -0.173. The summed E-state index contributed by atoms with van der Waals surface area (Å²) in [7, 11) is 0. The molecule has 2 N–H and O–H groups in total. The van der Waals surface area contributed by atoms with Crippen molar-refractivity contribution in [2.75, 3.05) is 0 Å². The van der Waals surface area contributed by atoms with Crippen LogP contribution in [0.4, 0.5) is 0 Å². The van der Waals surface area contributed by atoms with E-state index in [0.29, 0.717) is 0 Å². The van der Waals surface area contributed by atoms with Crippen molar-refractivity contribution in [1.82, 2.24) is 0 Å². The molecule has 5 nitrogen and oxygen atoms in total. The summed E-state index contributed by atoms with van der Waals surface area (Å²) < 4.78 is 5.15. The van der Waals surface area contributed by atoms with Crippen molar-refractivity contribution in [2.24, 2.45) is 0 Å². The maximum absolute atomic E-state index is 11.1. The molecule has 21 heavy (non-hydrogen) atoms. The number of carboxylic acid groups (broad SMARTS) is 2. The molecular formula is C12H11Cl3MgO5. The van der Waals surface area contributed by atoms with Gasteiger partial charge >= 0.3 is 35.0 Å². The molecule has 0 heterocycles. The van der Waals surface area contributed by atoms with E-state index >= 15 is 0 Å². The van der Waals surface area contributed by atoms with Gasteiger partial charge in [0, 0.05) is 11.6 Å². The lowest BCUT2D eigenvalue weighted by Crippen LogP contribution is -2.25. The van der Waals surface area contributed by atoms with Crippen LogP contribution in [0.5, 0.6) is 5.75 Å². The number of hydrogen-bond acceptors (Lipinski definition) is 3. The Morgan fingerprint density at radius 2 is 1.67 bits per heavy atom. The quantitative estimate of drug-likeness (QED) is 0.476. The minimum absolute atomic E-state index is 0. The van der Waals surface area contributed by atoms with Crippen LogP contribution >= 0.6 is 34.8 Å². The first-order chi connectivity index (χ1) is 9.22. The molecule has 1 aromatic rings. The Morgan fingerprint density at radius 1 is 1.14 bits per heavy atom. The smallest absolute Gasteiger partial charge is 0.349 e. The van der Waals surface area contributed by atoms with Gasteiger partial charge < -0.3 is 14.9 Å². The molecule has 112 valence electrons. The van der Waals surface area contributed by atoms with E-state index in [2.05, 4.69) is 0 Å². The first kappa shape index (κ1) is 20.3. The van der Waals surface area contributed by atoms with E-state index in [1.807, 2.05) is 0 Å². The van der Waals surface area contributed by atoms with Crippen LogP contribution in [-0.4, -0.2) is 51.3 Å². The van der Waals surface area contributed by atoms with Crippen molar-refractivity contribution in [3.05, 3.63) is 38.8 Å². The van der Waals surface area contributed by atoms with Crippen LogP contribution in [0.2, 0.25) is 15.1 Å². The van der Waals surface area contributed by atoms with Crippen molar-refractivity contribution in [3.63, 3.8) is 0 Å². The van der Waals surface area contributed by atoms with Crippen molar-refractivity contribution in [3.8, 4) is 5.75 Å². The fourth-order valence-electron chi connectivity index (χ4n) is 1.19. The number of rotatable bonds is 5. The molecule has 9 heteroatoms. The van der Waals surface area contributed by atoms with Gasteiger partial charge in [0.15, 0.2) is 0 Å². The SMILES string of the molecule is CC(=CC(Oc1cc(Cl)c(Cl)cc1Cl)C(=O)O)C(=O)O.[MgH2]. The predicted octanol–water partition coefficient (Wildman–Crippen LogP) is 2.59. The molecule has 0 aliphatic rings. The molecule has 0 bridgehead atoms. The van der Waals surface area contributed by atoms with Crippen LogP contribution in [0.15, 0.2) is 23.8 Å². The number of hydrogen-bond donors (Lipinski definition) is 2. The molecule has 0 fully saturated rings. The highest BCUT2D eigenvalue weighted by molar-refractivity contribution is 6.43. The highest BCUT2D eigenvalue weighted by atomic mass is 35.5. The molecule has 0 saturated heterocycles. The van der Waals surface area contributed by atoms with E-state index < -0.39 is 18.0 Å². The van der Waals surface area contributed by atoms with Gasteiger partial charge in [0.25, 0.3) is 0 Å². The molecule has 0 spiro atoms. The topological polar surface area (TPSA) is 83.8 Å². The standard InChI is InChI=1S/C12H9Cl3O5.Mg.2H/c1-5(11(16)17)2-10(12(18)19)20-9-4-7(14)6(13)3-8(9)15;;;/h2-4,10H,1H3,(H,16,17)(H,18,19);;;. The summed E-state index contributed by atoms with van der Waals surface area (Å²) in [5.74, 6) is -2.63. The van der Waals surface area contributed by atoms with E-state index in [-0.39, 0.29) is 49.4 Å². The van der Waals surface area contributed by atoms with Gasteiger partial charge in [-0.15, -0.1) is 0 Å². The number of aliphatic carboxylic acids is 2. The third kappa shape index (κ3) is 5.92. The zero-order valence-corrected chi connectivity index (χ0v) is 12.3. The van der Waals surface area contributed by atoms with Gasteiger partial charge in [-0.1, -0.05) is 34.8 Å². The largest absolute Gasteiger partial charge is 0.478 e. The number of halogens is 3. The molecule has 0 saturated carbocycles. The van der Waals surface area contributed by atoms with Crippen LogP contribution in [0.25, 0.3) is 0 Å². The van der Waals surface area contributed by atoms with Crippen LogP contribution < -0.4 is 4.74 Å². The van der Waals surface area contributed by atoms with Gasteiger partial charge in [0.05, 0.1) is 15.1 Å². The monoisotopic (exact) mass is 364 g/mol. The van der Waals surface area contributed by atoms with Crippen LogP contribution in [0, 0.1) is 0 Å². The molecule has 1 unspecified atom stereocenters. The fraction of sp³-hybridized carbons (Fsp3) is 0.167. The van der Waals surface area contributed by atoms with E-state index in [0.717, 1.165) is 6.08 Å². The zero-order chi connectivity index (χ0) is 15.4. The maximum Gasteiger partial charge on any atom is 0.349 e. The number of carbonyl (C=O) groups is 2. The summed E-state index contributed by atoms with van der Waals surface area (Å²) in [4.78, 5) is 21.8. The van der Waals surface area contributed by atoms with Gasteiger partial charge in [0.1, 0.15) is 5.75 Å². The molecule has 0 aliphatic heterocycles. The molecule has 0 aliphatic carbocycles. The highest BCUT2D eigenvalue weighted by Gasteiger charge is 2.20. The highest BCUT2D eigenvalue weighted by Crippen LogP contribution is 2.34. The Bertz CT molecular complexity index is 589. The van der Waals surface area contributed by atoms with Gasteiger partial charge in [-0.25, -0.2) is 9.59 Å². The lowest BCUT2D eigenvalue weighted by atomic mass is 10.2. The van der Waals surface area contributed by atoms with Gasteiger partial charge in [-0.3, -0.25) is 0 Å². The number of ether oxygens (including phenoxy) is 1. The molecule has 1 aromatic carbocycles. The third-order valence-corrected chi connectivity index (χ3v) is 3.23. The summed E-state index contributed by atoms with van der Waals surface area (Å²) in [6, 6.07) is 2.56. The van der Waals surface area contributed by atoms with Crippen molar-refractivity contribution >= 4 is 69.8 Å². The molecule has 0 amide bonds. The first-order valence-corrected chi connectivity index (χ1v) is 6.31. The minimum atomic E-state index is -1.51. The Labute approximate surface area is 151 Å². The van der Waals surface area contributed by atoms with Crippen molar-refractivity contribution < 1.29 is 24.5 Å². The fourth-order valence-corrected chi connectivity index (χ4v) is 1.77. The van der Waals surface area contributed by atoms with Gasteiger partial charge in [0.2, 0.25) is 6.10 Å². The second kappa shape index (κ2) is 8.70. The van der Waals surface area contributed by atoms with E-state index in [4.69, 9.17) is 49.8 Å². The van der Waals surface area contributed by atoms with Gasteiger partial charge in [-0.05, 0) is 19.1 Å². The number of benzene rings is 1. The lowest BCUT2D eigenvalue weighted by Gasteiger charge is -2.14. The maximum atomic E-state index is 11.1. The van der Waals surface area contributed by atoms with E-state index in [1.165, 1.54) is 19.1 Å². The van der Waals surface area contributed by atoms with Crippen LogP contribution in [0.3, 0.4) is 0 Å². The van der Waals surface area contributed by atoms with E-state index in [9.17, 15) is 9.59 Å². The second-order valence-corrected chi connectivity index (χ2v) is 4.95. The minimum Gasteiger partial charge on any atom is -0.478 e. The summed E-state index contributed by atoms with van der Waals surface area (Å²) in [5, 5.41) is 18.1.